The summed E-state index contributed by atoms with van der Waals surface area (Å²) in [5.74, 6) is -3.08. The summed E-state index contributed by atoms with van der Waals surface area (Å²) < 4.78 is 50.7. The van der Waals surface area contributed by atoms with Gasteiger partial charge in [-0.05, 0) is 49.3 Å². The van der Waals surface area contributed by atoms with Gasteiger partial charge in [0.15, 0.2) is 0 Å². The van der Waals surface area contributed by atoms with Gasteiger partial charge in [0.1, 0.15) is 18.5 Å². The molecule has 0 spiro atoms. The van der Waals surface area contributed by atoms with E-state index in [-0.39, 0.29) is 48.2 Å². The molecule has 0 aromatic heterocycles. The fraction of sp³-hybridized carbons (Fsp3) is 0.514. The summed E-state index contributed by atoms with van der Waals surface area (Å²) in [6, 6.07) is 10.5. The number of hydrogen-bond donors (Lipinski definition) is 2. The highest BCUT2D eigenvalue weighted by atomic mass is 32.2. The molecule has 4 saturated heterocycles. The summed E-state index contributed by atoms with van der Waals surface area (Å²) in [7, 11) is -3.66. The summed E-state index contributed by atoms with van der Waals surface area (Å²) in [5.41, 5.74) is 1.04. The number of alkyl carbamates (subject to hydrolysis) is 1. The minimum Gasteiger partial charge on any atom is -0.445 e. The van der Waals surface area contributed by atoms with Crippen LogP contribution in [0.3, 0.4) is 0 Å². The number of ether oxygens (including phenoxy) is 1. The van der Waals surface area contributed by atoms with Crippen LogP contribution in [0.15, 0.2) is 42.5 Å². The number of carbonyl (C=O) groups is 5. The van der Waals surface area contributed by atoms with Crippen molar-refractivity contribution in [2.45, 2.75) is 50.8 Å². The number of piperazine rings is 1. The molecular weight excluding hydrogens is 697 g/mol. The van der Waals surface area contributed by atoms with Crippen LogP contribution >= 0.6 is 0 Å². The highest BCUT2D eigenvalue weighted by molar-refractivity contribution is 7.86. The topological polar surface area (TPSA) is 169 Å². The number of nitrogens with one attached hydrogen (secondary N) is 2. The molecule has 0 bridgehead atoms. The van der Waals surface area contributed by atoms with E-state index >= 15 is 4.39 Å². The van der Waals surface area contributed by atoms with Crippen LogP contribution in [-0.2, 0) is 31.1 Å². The molecule has 7 rings (SSSR count). The fourth-order valence-corrected chi connectivity index (χ4v) is 9.38. The molecule has 278 valence electrons. The van der Waals surface area contributed by atoms with Crippen molar-refractivity contribution in [3.05, 3.63) is 65.0 Å². The highest BCUT2D eigenvalue weighted by Crippen LogP contribution is 2.35. The molecule has 5 amide bonds. The van der Waals surface area contributed by atoms with Gasteiger partial charge < -0.3 is 19.9 Å². The van der Waals surface area contributed by atoms with Crippen molar-refractivity contribution < 1.29 is 41.5 Å². The van der Waals surface area contributed by atoms with Crippen molar-refractivity contribution in [1.82, 2.24) is 29.0 Å². The van der Waals surface area contributed by atoms with Crippen LogP contribution < -0.4 is 15.5 Å². The monoisotopic (exact) mass is 739 g/mol. The first kappa shape index (κ1) is 35.9. The molecule has 5 aliphatic rings. The molecule has 2 unspecified atom stereocenters. The Hall–Kier alpha value is -4.45. The first-order chi connectivity index (χ1) is 25.0. The zero-order chi connectivity index (χ0) is 36.6. The van der Waals surface area contributed by atoms with E-state index in [2.05, 4.69) is 15.5 Å². The van der Waals surface area contributed by atoms with Gasteiger partial charge >= 0.3 is 6.09 Å². The molecule has 52 heavy (non-hydrogen) atoms. The van der Waals surface area contributed by atoms with Crippen LogP contribution in [0.5, 0.6) is 0 Å². The van der Waals surface area contributed by atoms with Gasteiger partial charge in [0, 0.05) is 71.4 Å². The first-order valence-electron chi connectivity index (χ1n) is 17.7. The summed E-state index contributed by atoms with van der Waals surface area (Å²) in [4.78, 5) is 67.5. The van der Waals surface area contributed by atoms with Gasteiger partial charge in [0.25, 0.3) is 22.0 Å². The third kappa shape index (κ3) is 7.40. The Labute approximate surface area is 301 Å². The second-order valence-corrected chi connectivity index (χ2v) is 15.9. The van der Waals surface area contributed by atoms with E-state index in [1.807, 2.05) is 35.2 Å². The summed E-state index contributed by atoms with van der Waals surface area (Å²) in [5, 5.41) is 5.01. The number of carbonyl (C=O) groups excluding carboxylic acids is 5. The van der Waals surface area contributed by atoms with Crippen molar-refractivity contribution in [3.63, 3.8) is 0 Å². The molecule has 2 atom stereocenters. The van der Waals surface area contributed by atoms with Gasteiger partial charge in [0.2, 0.25) is 11.8 Å². The van der Waals surface area contributed by atoms with E-state index in [1.54, 1.807) is 0 Å². The molecule has 0 saturated carbocycles. The molecule has 5 aliphatic heterocycles. The van der Waals surface area contributed by atoms with Gasteiger partial charge in [0.05, 0.1) is 16.8 Å². The van der Waals surface area contributed by atoms with E-state index < -0.39 is 51.8 Å². The standard InChI is InChI=1S/C35H42FN7O8S/c36-28-18-26-27(34(47)43(33(26)46)29-6-7-31(44)38-32(29)45)19-30(28)40-11-8-24(21-40)20-39-14-16-42(17-15-39)52(49,50)41-12-9-25(10-13-41)37-35(48)51-22-23-4-2-1-3-5-23/h1-5,18-19,24-25,29H,6-17,20-22H2,(H,37,48)(H,38,44,45). The predicted molar refractivity (Wildman–Crippen MR) is 185 cm³/mol. The largest absolute Gasteiger partial charge is 0.445 e. The average Bonchev–Trinajstić information content (AvgIpc) is 3.69. The predicted octanol–water partition coefficient (Wildman–Crippen LogP) is 1.31. The maximum atomic E-state index is 15.4. The van der Waals surface area contributed by atoms with E-state index in [0.29, 0.717) is 71.7 Å². The Morgan fingerprint density at radius 1 is 0.865 bits per heavy atom. The van der Waals surface area contributed by atoms with Crippen molar-refractivity contribution in [2.24, 2.45) is 5.92 Å². The van der Waals surface area contributed by atoms with Gasteiger partial charge in [-0.3, -0.25) is 29.4 Å². The molecule has 4 fully saturated rings. The lowest BCUT2D eigenvalue weighted by molar-refractivity contribution is -0.136. The van der Waals surface area contributed by atoms with Crippen LogP contribution in [0, 0.1) is 11.7 Å². The second-order valence-electron chi connectivity index (χ2n) is 14.0. The number of halogens is 1. The van der Waals surface area contributed by atoms with Crippen LogP contribution in [-0.4, -0.2) is 128 Å². The molecule has 0 radical (unpaired) electrons. The number of anilines is 1. The number of piperidine rings is 2. The van der Waals surface area contributed by atoms with Crippen LogP contribution in [0.25, 0.3) is 0 Å². The summed E-state index contributed by atoms with van der Waals surface area (Å²) in [6.07, 6.45) is 1.25. The van der Waals surface area contributed by atoms with Gasteiger partial charge in [-0.25, -0.2) is 9.18 Å². The lowest BCUT2D eigenvalue weighted by Crippen LogP contribution is -2.56. The average molecular weight is 740 g/mol. The molecule has 2 aromatic carbocycles. The smallest absolute Gasteiger partial charge is 0.407 e. The maximum Gasteiger partial charge on any atom is 0.407 e. The number of nitrogens with zero attached hydrogens (tertiary/aromatic N) is 5. The van der Waals surface area contributed by atoms with Crippen LogP contribution in [0.2, 0.25) is 0 Å². The minimum absolute atomic E-state index is 0.00274. The Kier molecular flexibility index (Phi) is 10.3. The van der Waals surface area contributed by atoms with E-state index in [9.17, 15) is 32.4 Å². The van der Waals surface area contributed by atoms with Crippen molar-refractivity contribution in [2.75, 3.05) is 63.8 Å². The highest BCUT2D eigenvalue weighted by Gasteiger charge is 2.45. The molecule has 0 aliphatic carbocycles. The molecule has 2 aromatic rings. The molecule has 17 heteroatoms. The molecule has 5 heterocycles. The van der Waals surface area contributed by atoms with Crippen molar-refractivity contribution in [1.29, 1.82) is 0 Å². The summed E-state index contributed by atoms with van der Waals surface area (Å²) >= 11 is 0. The molecule has 15 nitrogen and oxygen atoms in total. The Bertz CT molecular complexity index is 1850. The Morgan fingerprint density at radius 2 is 1.54 bits per heavy atom. The Morgan fingerprint density at radius 3 is 2.23 bits per heavy atom. The zero-order valence-corrected chi connectivity index (χ0v) is 29.5. The first-order valence-corrected chi connectivity index (χ1v) is 19.1. The van der Waals surface area contributed by atoms with Crippen molar-refractivity contribution in [3.8, 4) is 0 Å². The third-order valence-corrected chi connectivity index (χ3v) is 12.7. The second kappa shape index (κ2) is 14.9. The fourth-order valence-electron chi connectivity index (χ4n) is 7.76. The number of rotatable bonds is 9. The van der Waals surface area contributed by atoms with Gasteiger partial charge in [-0.15, -0.1) is 0 Å². The zero-order valence-electron chi connectivity index (χ0n) is 28.7. The van der Waals surface area contributed by atoms with Crippen LogP contribution in [0.4, 0.5) is 14.9 Å². The third-order valence-electron chi connectivity index (χ3n) is 10.6. The van der Waals surface area contributed by atoms with Crippen molar-refractivity contribution >= 4 is 45.6 Å². The van der Waals surface area contributed by atoms with Gasteiger partial charge in [-0.1, -0.05) is 30.3 Å². The number of imide groups is 2. The number of benzene rings is 2. The van der Waals surface area contributed by atoms with Crippen LogP contribution in [0.1, 0.15) is 58.4 Å². The number of amides is 5. The summed E-state index contributed by atoms with van der Waals surface area (Å²) in [6.45, 7) is 4.36. The van der Waals surface area contributed by atoms with E-state index in [1.165, 1.54) is 14.7 Å². The van der Waals surface area contributed by atoms with Gasteiger partial charge in [-0.2, -0.15) is 17.0 Å². The maximum absolute atomic E-state index is 15.4. The lowest BCUT2D eigenvalue weighted by Gasteiger charge is -2.39. The molecule has 2 N–H and O–H groups in total. The van der Waals surface area contributed by atoms with E-state index in [0.717, 1.165) is 23.0 Å². The molecular formula is C35H42FN7O8S. The minimum atomic E-state index is -3.66. The number of hydrogen-bond acceptors (Lipinski definition) is 10. The lowest BCUT2D eigenvalue weighted by atomic mass is 10.0. The SMILES string of the molecule is O=C1CCC(N2C(=O)c3cc(F)c(N4CCC(CN5CCN(S(=O)(=O)N6CCC(NC(=O)OCc7ccccc7)CC6)CC5)C4)cc3C2=O)C(=O)N1. The quantitative estimate of drug-likeness (QED) is 0.358. The number of fused-ring (bicyclic) bond motifs is 1. The van der Waals surface area contributed by atoms with E-state index in [4.69, 9.17) is 4.74 Å². The Balaban J connectivity index is 0.867. The normalized spacial score (nSPS) is 23.9.